The van der Waals surface area contributed by atoms with E-state index in [0.29, 0.717) is 29.6 Å². The van der Waals surface area contributed by atoms with Crippen LogP contribution in [0.4, 0.5) is 0 Å². The molecule has 0 spiro atoms. The minimum absolute atomic E-state index is 0.180. The summed E-state index contributed by atoms with van der Waals surface area (Å²) in [4.78, 5) is 21.4. The molecule has 0 fully saturated rings. The first-order chi connectivity index (χ1) is 12.5. The van der Waals surface area contributed by atoms with E-state index in [2.05, 4.69) is 19.9 Å². The molecule has 2 atom stereocenters. The van der Waals surface area contributed by atoms with Gasteiger partial charge in [0.15, 0.2) is 11.5 Å². The first kappa shape index (κ1) is 21.9. The normalized spacial score (nSPS) is 13.8. The lowest BCUT2D eigenvalue weighted by Gasteiger charge is -2.12. The van der Waals surface area contributed by atoms with Crippen molar-refractivity contribution in [1.29, 1.82) is 0 Å². The molecule has 1 rings (SSSR count). The lowest BCUT2D eigenvalue weighted by molar-refractivity contribution is -0.110. The Hall–Kier alpha value is -2.10. The number of ether oxygens (including phenoxy) is 2. The Kier molecular flexibility index (Phi) is 10.4. The zero-order chi connectivity index (χ0) is 19.4. The van der Waals surface area contributed by atoms with E-state index in [1.165, 1.54) is 12.0 Å². The molecule has 0 aliphatic heterocycles. The molecule has 0 heterocycles. The first-order valence-electron chi connectivity index (χ1n) is 9.37. The van der Waals surface area contributed by atoms with Crippen molar-refractivity contribution in [3.63, 3.8) is 0 Å². The van der Waals surface area contributed by atoms with Crippen molar-refractivity contribution in [2.45, 2.75) is 52.9 Å². The highest BCUT2D eigenvalue weighted by atomic mass is 16.5. The van der Waals surface area contributed by atoms with Crippen LogP contribution in [0.3, 0.4) is 0 Å². The quantitative estimate of drug-likeness (QED) is 0.356. The Morgan fingerprint density at radius 1 is 1.12 bits per heavy atom. The summed E-state index contributed by atoms with van der Waals surface area (Å²) < 4.78 is 11.1. The largest absolute Gasteiger partial charge is 0.493 e. The van der Waals surface area contributed by atoms with Gasteiger partial charge in [-0.15, -0.1) is 0 Å². The number of hydrogen-bond donors (Lipinski definition) is 0. The molecular formula is C22H32O4. The molecule has 0 saturated heterocycles. The predicted molar refractivity (Wildman–Crippen MR) is 105 cm³/mol. The van der Waals surface area contributed by atoms with E-state index in [9.17, 15) is 9.59 Å². The molecule has 2 unspecified atom stereocenters. The van der Waals surface area contributed by atoms with Crippen LogP contribution in [0.15, 0.2) is 29.8 Å². The van der Waals surface area contributed by atoms with Gasteiger partial charge in [0.2, 0.25) is 0 Å². The molecule has 0 amide bonds. The third-order valence-corrected chi connectivity index (χ3v) is 4.52. The molecule has 26 heavy (non-hydrogen) atoms. The van der Waals surface area contributed by atoms with E-state index in [1.807, 2.05) is 6.92 Å². The fourth-order valence-corrected chi connectivity index (χ4v) is 2.74. The van der Waals surface area contributed by atoms with Crippen molar-refractivity contribution in [1.82, 2.24) is 0 Å². The summed E-state index contributed by atoms with van der Waals surface area (Å²) >= 11 is 0. The maximum Gasteiger partial charge on any atom is 0.161 e. The van der Waals surface area contributed by atoms with Crippen molar-refractivity contribution < 1.29 is 19.1 Å². The Morgan fingerprint density at radius 3 is 2.54 bits per heavy atom. The van der Waals surface area contributed by atoms with Crippen LogP contribution in [-0.4, -0.2) is 26.3 Å². The van der Waals surface area contributed by atoms with Crippen LogP contribution in [0.25, 0.3) is 0 Å². The second-order valence-electron chi connectivity index (χ2n) is 7.09. The van der Waals surface area contributed by atoms with Crippen LogP contribution in [0.5, 0.6) is 11.5 Å². The van der Waals surface area contributed by atoms with Crippen LogP contribution in [-0.2, 0) is 4.79 Å². The Bertz CT molecular complexity index is 592. The molecule has 1 aromatic carbocycles. The van der Waals surface area contributed by atoms with Gasteiger partial charge in [-0.25, -0.2) is 0 Å². The van der Waals surface area contributed by atoms with E-state index in [0.717, 1.165) is 38.3 Å². The van der Waals surface area contributed by atoms with Crippen molar-refractivity contribution in [3.05, 3.63) is 35.4 Å². The minimum Gasteiger partial charge on any atom is -0.493 e. The van der Waals surface area contributed by atoms with E-state index < -0.39 is 0 Å². The van der Waals surface area contributed by atoms with E-state index in [1.54, 1.807) is 25.3 Å². The summed E-state index contributed by atoms with van der Waals surface area (Å²) in [6.45, 7) is 6.81. The van der Waals surface area contributed by atoms with Gasteiger partial charge in [0.25, 0.3) is 0 Å². The smallest absolute Gasteiger partial charge is 0.161 e. The number of carbonyl (C=O) groups excluding carboxylic acids is 2. The molecular weight excluding hydrogens is 328 g/mol. The Morgan fingerprint density at radius 2 is 1.88 bits per heavy atom. The molecule has 0 aliphatic rings. The molecule has 0 N–H and O–H groups in total. The number of hydrogen-bond acceptors (Lipinski definition) is 4. The molecule has 0 radical (unpaired) electrons. The predicted octanol–water partition coefficient (Wildman–Crippen LogP) is 5.25. The highest BCUT2D eigenvalue weighted by Crippen LogP contribution is 2.28. The Labute approximate surface area is 157 Å². The van der Waals surface area contributed by atoms with Gasteiger partial charge in [-0.05, 0) is 55.9 Å². The molecule has 144 valence electrons. The van der Waals surface area contributed by atoms with Crippen LogP contribution in [0.1, 0.15) is 63.2 Å². The van der Waals surface area contributed by atoms with Gasteiger partial charge >= 0.3 is 0 Å². The summed E-state index contributed by atoms with van der Waals surface area (Å²) in [6.07, 6.45) is 9.49. The lowest BCUT2D eigenvalue weighted by Crippen LogP contribution is -2.02. The summed E-state index contributed by atoms with van der Waals surface area (Å²) in [5.41, 5.74) is 1.74. The lowest BCUT2D eigenvalue weighted by atomic mass is 9.95. The SMILES string of the molecule is COc1cc(C=O)ccc1OCC(C)=CCCC(C)CCCC(C)C=O. The number of aldehydes is 2. The highest BCUT2D eigenvalue weighted by molar-refractivity contribution is 5.76. The summed E-state index contributed by atoms with van der Waals surface area (Å²) in [5, 5.41) is 0. The Balaban J connectivity index is 2.35. The molecule has 0 aromatic heterocycles. The number of carbonyl (C=O) groups is 2. The average Bonchev–Trinajstić information content (AvgIpc) is 2.65. The van der Waals surface area contributed by atoms with Crippen molar-refractivity contribution in [3.8, 4) is 11.5 Å². The summed E-state index contributed by atoms with van der Waals surface area (Å²) in [7, 11) is 1.57. The second kappa shape index (κ2) is 12.3. The number of methoxy groups -OCH3 is 1. The van der Waals surface area contributed by atoms with Crippen LogP contribution in [0, 0.1) is 11.8 Å². The second-order valence-corrected chi connectivity index (χ2v) is 7.09. The zero-order valence-electron chi connectivity index (χ0n) is 16.5. The van der Waals surface area contributed by atoms with Gasteiger partial charge in [-0.2, -0.15) is 0 Å². The highest BCUT2D eigenvalue weighted by Gasteiger charge is 2.07. The van der Waals surface area contributed by atoms with E-state index in [-0.39, 0.29) is 5.92 Å². The third kappa shape index (κ3) is 8.32. The number of allylic oxidation sites excluding steroid dienone is 1. The maximum absolute atomic E-state index is 10.8. The molecule has 0 bridgehead atoms. The van der Waals surface area contributed by atoms with E-state index in [4.69, 9.17) is 9.47 Å². The number of rotatable bonds is 13. The topological polar surface area (TPSA) is 52.6 Å². The van der Waals surface area contributed by atoms with Gasteiger partial charge < -0.3 is 14.3 Å². The molecule has 4 nitrogen and oxygen atoms in total. The van der Waals surface area contributed by atoms with Crippen molar-refractivity contribution in [2.75, 3.05) is 13.7 Å². The number of benzene rings is 1. The third-order valence-electron chi connectivity index (χ3n) is 4.52. The summed E-state index contributed by atoms with van der Waals surface area (Å²) in [6, 6.07) is 5.16. The molecule has 4 heteroatoms. The molecule has 0 aliphatic carbocycles. The molecule has 0 saturated carbocycles. The van der Waals surface area contributed by atoms with Gasteiger partial charge in [-0.1, -0.05) is 32.8 Å². The van der Waals surface area contributed by atoms with E-state index >= 15 is 0 Å². The first-order valence-corrected chi connectivity index (χ1v) is 9.37. The average molecular weight is 360 g/mol. The van der Waals surface area contributed by atoms with Crippen LogP contribution in [0.2, 0.25) is 0 Å². The summed E-state index contributed by atoms with van der Waals surface area (Å²) in [5.74, 6) is 2.05. The molecule has 1 aromatic rings. The van der Waals surface area contributed by atoms with Crippen molar-refractivity contribution >= 4 is 12.6 Å². The van der Waals surface area contributed by atoms with Gasteiger partial charge in [0.05, 0.1) is 7.11 Å². The fourth-order valence-electron chi connectivity index (χ4n) is 2.74. The van der Waals surface area contributed by atoms with Crippen LogP contribution < -0.4 is 9.47 Å². The van der Waals surface area contributed by atoms with Gasteiger partial charge in [0.1, 0.15) is 19.2 Å². The minimum atomic E-state index is 0.180. The zero-order valence-corrected chi connectivity index (χ0v) is 16.5. The van der Waals surface area contributed by atoms with Crippen molar-refractivity contribution in [2.24, 2.45) is 11.8 Å². The van der Waals surface area contributed by atoms with Gasteiger partial charge in [-0.3, -0.25) is 4.79 Å². The fraction of sp³-hybridized carbons (Fsp3) is 0.545. The van der Waals surface area contributed by atoms with Gasteiger partial charge in [0, 0.05) is 11.5 Å². The monoisotopic (exact) mass is 360 g/mol. The standard InChI is InChI=1S/C22H32O4/c1-17(7-5-9-18(2)14-23)8-6-10-19(3)16-26-21-12-11-20(15-24)13-22(21)25-4/h10-15,17-18H,5-9,16H2,1-4H3. The van der Waals surface area contributed by atoms with Crippen LogP contribution >= 0.6 is 0 Å². The maximum atomic E-state index is 10.8.